The molecular weight excluding hydrogens is 500 g/mol. The molecule has 174 valence electrons. The normalized spacial score (nSPS) is 11.2. The number of fused-ring (bicyclic) bond motifs is 1. The Morgan fingerprint density at radius 1 is 1.24 bits per heavy atom. The molecule has 2 heterocycles. The van der Waals surface area contributed by atoms with Crippen LogP contribution >= 0.6 is 15.9 Å². The molecule has 0 saturated heterocycles. The molecule has 0 saturated carbocycles. The van der Waals surface area contributed by atoms with Gasteiger partial charge in [0.2, 0.25) is 0 Å². The van der Waals surface area contributed by atoms with Gasteiger partial charge in [0, 0.05) is 24.1 Å². The van der Waals surface area contributed by atoms with E-state index < -0.39 is 23.1 Å². The Bertz CT molecular complexity index is 1360. The Morgan fingerprint density at radius 3 is 2.73 bits per heavy atom. The number of hydrazone groups is 1. The largest absolute Gasteiger partial charge is 0.481 e. The van der Waals surface area contributed by atoms with Crippen LogP contribution in [0.25, 0.3) is 11.2 Å². The third-order valence-electron chi connectivity index (χ3n) is 4.54. The van der Waals surface area contributed by atoms with Crippen molar-refractivity contribution < 1.29 is 19.1 Å². The molecule has 2 aromatic heterocycles. The highest BCUT2D eigenvalue weighted by molar-refractivity contribution is 9.10. The summed E-state index contributed by atoms with van der Waals surface area (Å²) in [7, 11) is 2.85. The molecule has 33 heavy (non-hydrogen) atoms. The van der Waals surface area contributed by atoms with Gasteiger partial charge in [-0.3, -0.25) is 18.7 Å². The molecule has 0 unspecified atom stereocenters. The first kappa shape index (κ1) is 23.9. The maximum atomic E-state index is 12.4. The minimum Gasteiger partial charge on any atom is -0.481 e. The van der Waals surface area contributed by atoms with Crippen molar-refractivity contribution in [2.45, 2.75) is 13.5 Å². The number of imidazole rings is 1. The Labute approximate surface area is 195 Å². The van der Waals surface area contributed by atoms with Crippen LogP contribution in [0.4, 0.5) is 0 Å². The van der Waals surface area contributed by atoms with Crippen molar-refractivity contribution in [3.05, 3.63) is 55.4 Å². The molecule has 12 nitrogen and oxygen atoms in total. The third-order valence-corrected chi connectivity index (χ3v) is 5.03. The monoisotopic (exact) mass is 520 g/mol. The van der Waals surface area contributed by atoms with E-state index in [4.69, 9.17) is 9.47 Å². The Morgan fingerprint density at radius 2 is 2.00 bits per heavy atom. The predicted molar refractivity (Wildman–Crippen MR) is 122 cm³/mol. The van der Waals surface area contributed by atoms with E-state index in [0.717, 1.165) is 9.04 Å². The van der Waals surface area contributed by atoms with E-state index >= 15 is 0 Å². The maximum Gasteiger partial charge on any atom is 0.344 e. The highest BCUT2D eigenvalue weighted by atomic mass is 79.9. The number of carbonyl (C=O) groups excluding carboxylic acids is 2. The number of amides is 1. The van der Waals surface area contributed by atoms with Crippen molar-refractivity contribution in [1.29, 1.82) is 0 Å². The van der Waals surface area contributed by atoms with Gasteiger partial charge < -0.3 is 14.0 Å². The van der Waals surface area contributed by atoms with Crippen molar-refractivity contribution in [2.24, 2.45) is 19.2 Å². The zero-order valence-corrected chi connectivity index (χ0v) is 19.7. The molecule has 0 atom stereocenters. The van der Waals surface area contributed by atoms with E-state index in [1.54, 1.807) is 25.1 Å². The van der Waals surface area contributed by atoms with Gasteiger partial charge in [-0.05, 0) is 25.1 Å². The molecule has 1 N–H and O–H groups in total. The number of nitrogens with zero attached hydrogens (tertiary/aromatic N) is 5. The second kappa shape index (κ2) is 10.3. The number of ether oxygens (including phenoxy) is 2. The quantitative estimate of drug-likeness (QED) is 0.255. The molecule has 0 radical (unpaired) electrons. The van der Waals surface area contributed by atoms with E-state index in [0.29, 0.717) is 11.3 Å². The predicted octanol–water partition coefficient (Wildman–Crippen LogP) is 0.288. The standard InChI is InChI=1S/C20H21BrN6O6/c1-4-32-16(29)10-33-14-6-5-13(21)7-12(14)8-23-24-15(28)9-27-11-22-17-18(27)25(2)20(31)26(3)19(17)30/h5-8,11H,4,9-10H2,1-3H3,(H,24,28)/b23-8+. The summed E-state index contributed by atoms with van der Waals surface area (Å²) in [5.41, 5.74) is 2.11. The first-order valence-corrected chi connectivity index (χ1v) is 10.5. The van der Waals surface area contributed by atoms with Crippen molar-refractivity contribution in [3.8, 4) is 5.75 Å². The minimum atomic E-state index is -0.546. The van der Waals surface area contributed by atoms with Crippen LogP contribution in [0.2, 0.25) is 0 Å². The number of aryl methyl sites for hydroxylation is 1. The molecule has 0 aliphatic carbocycles. The fourth-order valence-electron chi connectivity index (χ4n) is 3.01. The number of aromatic nitrogens is 4. The van der Waals surface area contributed by atoms with Gasteiger partial charge in [-0.2, -0.15) is 5.10 Å². The molecule has 0 aliphatic heterocycles. The zero-order chi connectivity index (χ0) is 24.1. The molecule has 3 aromatic rings. The van der Waals surface area contributed by atoms with Gasteiger partial charge in [0.15, 0.2) is 12.1 Å². The summed E-state index contributed by atoms with van der Waals surface area (Å²) in [6.45, 7) is 1.45. The first-order valence-electron chi connectivity index (χ1n) is 9.73. The third kappa shape index (κ3) is 5.37. The summed E-state index contributed by atoms with van der Waals surface area (Å²) < 4.78 is 14.6. The summed E-state index contributed by atoms with van der Waals surface area (Å²) >= 11 is 3.35. The average molecular weight is 521 g/mol. The van der Waals surface area contributed by atoms with Crippen LogP contribution in [0, 0.1) is 0 Å². The van der Waals surface area contributed by atoms with Gasteiger partial charge in [-0.1, -0.05) is 15.9 Å². The lowest BCUT2D eigenvalue weighted by Gasteiger charge is -2.09. The van der Waals surface area contributed by atoms with Crippen molar-refractivity contribution in [2.75, 3.05) is 13.2 Å². The molecule has 0 spiro atoms. The van der Waals surface area contributed by atoms with Crippen LogP contribution in [0.5, 0.6) is 5.75 Å². The van der Waals surface area contributed by atoms with Crippen LogP contribution in [0.1, 0.15) is 12.5 Å². The lowest BCUT2D eigenvalue weighted by Crippen LogP contribution is -2.37. The fraction of sp³-hybridized carbons (Fsp3) is 0.300. The number of nitrogens with one attached hydrogen (secondary N) is 1. The van der Waals surface area contributed by atoms with Crippen molar-refractivity contribution >= 4 is 45.2 Å². The number of benzene rings is 1. The number of carbonyl (C=O) groups is 2. The molecule has 0 fully saturated rings. The average Bonchev–Trinajstić information content (AvgIpc) is 3.19. The van der Waals surface area contributed by atoms with E-state index in [1.165, 1.54) is 35.8 Å². The molecule has 3 rings (SSSR count). The molecular formula is C20H21BrN6O6. The number of esters is 1. The number of halogens is 1. The number of hydrogen-bond acceptors (Lipinski definition) is 8. The Hall–Kier alpha value is -3.74. The fourth-order valence-corrected chi connectivity index (χ4v) is 3.39. The van der Waals surface area contributed by atoms with Crippen LogP contribution in [0.3, 0.4) is 0 Å². The molecule has 1 aromatic carbocycles. The molecule has 0 bridgehead atoms. The van der Waals surface area contributed by atoms with Crippen LogP contribution in [-0.4, -0.2) is 50.0 Å². The molecule has 0 aliphatic rings. The van der Waals surface area contributed by atoms with E-state index in [1.807, 2.05) is 0 Å². The maximum absolute atomic E-state index is 12.4. The first-order chi connectivity index (χ1) is 15.7. The second-order valence-electron chi connectivity index (χ2n) is 6.82. The smallest absolute Gasteiger partial charge is 0.344 e. The highest BCUT2D eigenvalue weighted by Gasteiger charge is 2.15. The summed E-state index contributed by atoms with van der Waals surface area (Å²) in [4.78, 5) is 52.3. The van der Waals surface area contributed by atoms with Gasteiger partial charge >= 0.3 is 11.7 Å². The topological polar surface area (TPSA) is 139 Å². The van der Waals surface area contributed by atoms with Crippen LogP contribution < -0.4 is 21.4 Å². The summed E-state index contributed by atoms with van der Waals surface area (Å²) in [6, 6.07) is 5.07. The van der Waals surface area contributed by atoms with Gasteiger partial charge in [0.25, 0.3) is 11.5 Å². The van der Waals surface area contributed by atoms with Gasteiger partial charge in [-0.15, -0.1) is 0 Å². The highest BCUT2D eigenvalue weighted by Crippen LogP contribution is 2.21. The zero-order valence-electron chi connectivity index (χ0n) is 18.1. The Balaban J connectivity index is 1.73. The van der Waals surface area contributed by atoms with Gasteiger partial charge in [-0.25, -0.2) is 20.0 Å². The van der Waals surface area contributed by atoms with Crippen LogP contribution in [0.15, 0.2) is 43.7 Å². The SMILES string of the molecule is CCOC(=O)COc1ccc(Br)cc1/C=N/NC(=O)Cn1cnc2c(=O)n(C)c(=O)n(C)c21. The van der Waals surface area contributed by atoms with E-state index in [9.17, 15) is 19.2 Å². The number of hydrogen-bond donors (Lipinski definition) is 1. The van der Waals surface area contributed by atoms with E-state index in [-0.39, 0.29) is 30.9 Å². The van der Waals surface area contributed by atoms with Gasteiger partial charge in [0.05, 0.1) is 19.1 Å². The number of rotatable bonds is 8. The van der Waals surface area contributed by atoms with Gasteiger partial charge in [0.1, 0.15) is 17.9 Å². The lowest BCUT2D eigenvalue weighted by atomic mass is 10.2. The van der Waals surface area contributed by atoms with Crippen LogP contribution in [-0.2, 0) is 35.0 Å². The molecule has 1 amide bonds. The second-order valence-corrected chi connectivity index (χ2v) is 7.74. The minimum absolute atomic E-state index is 0.0772. The molecule has 13 heteroatoms. The van der Waals surface area contributed by atoms with E-state index in [2.05, 4.69) is 31.4 Å². The Kier molecular flexibility index (Phi) is 7.43. The summed E-state index contributed by atoms with van der Waals surface area (Å²) in [5, 5.41) is 3.93. The van der Waals surface area contributed by atoms with Crippen molar-refractivity contribution in [3.63, 3.8) is 0 Å². The lowest BCUT2D eigenvalue weighted by molar-refractivity contribution is -0.145. The summed E-state index contributed by atoms with van der Waals surface area (Å²) in [6.07, 6.45) is 2.67. The van der Waals surface area contributed by atoms with Crippen molar-refractivity contribution in [1.82, 2.24) is 24.1 Å². The summed E-state index contributed by atoms with van der Waals surface area (Å²) in [5.74, 6) is -0.647.